The molecule has 0 fully saturated rings. The molecule has 246 valence electrons. The molecule has 0 heterocycles. The lowest BCUT2D eigenvalue weighted by Gasteiger charge is -2.27. The molecule has 0 aliphatic heterocycles. The predicted octanol–water partition coefficient (Wildman–Crippen LogP) is 8.92. The van der Waals surface area contributed by atoms with E-state index < -0.39 is 10.1 Å². The third-order valence-electron chi connectivity index (χ3n) is 9.27. The summed E-state index contributed by atoms with van der Waals surface area (Å²) in [5.41, 5.74) is 9.65. The van der Waals surface area contributed by atoms with Gasteiger partial charge in [0.1, 0.15) is 0 Å². The smallest absolute Gasteiger partial charge is 0.294 e. The molecule has 1 unspecified atom stereocenters. The van der Waals surface area contributed by atoms with Gasteiger partial charge in [-0.2, -0.15) is 8.42 Å². The molecule has 0 radical (unpaired) electrons. The van der Waals surface area contributed by atoms with E-state index in [0.29, 0.717) is 13.0 Å². The molecule has 0 amide bonds. The van der Waals surface area contributed by atoms with Gasteiger partial charge >= 0.3 is 0 Å². The number of aryl methyl sites for hydroxylation is 1. The lowest BCUT2D eigenvalue weighted by molar-refractivity contribution is 0.483. The van der Waals surface area contributed by atoms with E-state index in [1.54, 1.807) is 12.1 Å². The maximum Gasteiger partial charge on any atom is 0.294 e. The Morgan fingerprint density at radius 1 is 0.681 bits per heavy atom. The number of hydrogen-bond acceptors (Lipinski definition) is 5. The van der Waals surface area contributed by atoms with Gasteiger partial charge in [0.2, 0.25) is 0 Å². The second-order valence-corrected chi connectivity index (χ2v) is 13.4. The van der Waals surface area contributed by atoms with Crippen LogP contribution >= 0.6 is 0 Å². The van der Waals surface area contributed by atoms with Gasteiger partial charge < -0.3 is 15.1 Å². The van der Waals surface area contributed by atoms with Gasteiger partial charge in [0.25, 0.3) is 10.1 Å². The fraction of sp³-hybridized carbons (Fsp3) is 0.300. The maximum atomic E-state index is 11.4. The van der Waals surface area contributed by atoms with Crippen LogP contribution in [0.1, 0.15) is 61.4 Å². The fourth-order valence-electron chi connectivity index (χ4n) is 6.66. The first-order valence-electron chi connectivity index (χ1n) is 16.7. The first kappa shape index (κ1) is 34.0. The molecular weight excluding hydrogens is 603 g/mol. The van der Waals surface area contributed by atoms with Crippen molar-refractivity contribution in [3.63, 3.8) is 0 Å². The highest BCUT2D eigenvalue weighted by Crippen LogP contribution is 2.41. The van der Waals surface area contributed by atoms with Crippen LogP contribution in [0.5, 0.6) is 0 Å². The van der Waals surface area contributed by atoms with Crippen molar-refractivity contribution in [3.05, 3.63) is 131 Å². The Labute approximate surface area is 280 Å². The monoisotopic (exact) mass is 649 g/mol. The van der Waals surface area contributed by atoms with Crippen molar-refractivity contribution in [3.8, 4) is 0 Å². The van der Waals surface area contributed by atoms with Gasteiger partial charge in [0.15, 0.2) is 0 Å². The molecule has 0 saturated carbocycles. The molecule has 1 atom stereocenters. The standard InChI is InChI=1S/C40H47N3O3S/c1-6-42(7-2)32-18-16-31(17-19-32)40(35-23-20-33(28-29(35)5)43(8-3)9-4)38-24-25-39(37-13-11-10-12-36(37)38)41-27-26-30-14-21-34(22-15-30)47(44,45)46/h10-25,28,40-41H,6-9,26-27H2,1-5H3,(H,44,45,46). The van der Waals surface area contributed by atoms with Gasteiger partial charge in [-0.25, -0.2) is 0 Å². The molecule has 5 aromatic carbocycles. The SMILES string of the molecule is CCN(CC)c1ccc(C(c2ccc(N(CC)CC)cc2C)c2ccc(NCCc3ccc(S(=O)(=O)O)cc3)c3ccccc23)cc1. The van der Waals surface area contributed by atoms with E-state index in [9.17, 15) is 13.0 Å². The Kier molecular flexibility index (Phi) is 10.9. The molecule has 0 spiro atoms. The Morgan fingerprint density at radius 3 is 1.85 bits per heavy atom. The summed E-state index contributed by atoms with van der Waals surface area (Å²) in [5.74, 6) is 0.0479. The van der Waals surface area contributed by atoms with Crippen molar-refractivity contribution in [2.45, 2.75) is 51.9 Å². The van der Waals surface area contributed by atoms with E-state index >= 15 is 0 Å². The van der Waals surface area contributed by atoms with Crippen molar-refractivity contribution < 1.29 is 13.0 Å². The van der Waals surface area contributed by atoms with Gasteiger partial charge in [-0.3, -0.25) is 4.55 Å². The molecule has 5 rings (SSSR count). The minimum Gasteiger partial charge on any atom is -0.384 e. The summed E-state index contributed by atoms with van der Waals surface area (Å²) < 4.78 is 32.1. The van der Waals surface area contributed by atoms with Crippen LogP contribution in [0.3, 0.4) is 0 Å². The average molecular weight is 650 g/mol. The predicted molar refractivity (Wildman–Crippen MR) is 198 cm³/mol. The largest absolute Gasteiger partial charge is 0.384 e. The summed E-state index contributed by atoms with van der Waals surface area (Å²) in [6, 6.07) is 35.5. The minimum absolute atomic E-state index is 0.0479. The summed E-state index contributed by atoms with van der Waals surface area (Å²) in [4.78, 5) is 4.68. The van der Waals surface area contributed by atoms with Crippen LogP contribution in [0, 0.1) is 6.92 Å². The van der Waals surface area contributed by atoms with E-state index in [1.165, 1.54) is 51.1 Å². The Hall–Kier alpha value is -4.33. The molecule has 5 aromatic rings. The Balaban J connectivity index is 1.53. The van der Waals surface area contributed by atoms with E-state index in [2.05, 4.69) is 129 Å². The van der Waals surface area contributed by atoms with Crippen molar-refractivity contribution in [2.24, 2.45) is 0 Å². The van der Waals surface area contributed by atoms with Crippen LogP contribution in [0.15, 0.2) is 108 Å². The molecule has 0 aliphatic carbocycles. The van der Waals surface area contributed by atoms with Crippen molar-refractivity contribution in [2.75, 3.05) is 47.8 Å². The third-order valence-corrected chi connectivity index (χ3v) is 10.1. The lowest BCUT2D eigenvalue weighted by atomic mass is 9.80. The summed E-state index contributed by atoms with van der Waals surface area (Å²) in [6.45, 7) is 15.6. The van der Waals surface area contributed by atoms with Crippen molar-refractivity contribution in [1.82, 2.24) is 0 Å². The number of fused-ring (bicyclic) bond motifs is 1. The minimum atomic E-state index is -4.20. The second-order valence-electron chi connectivity index (χ2n) is 12.0. The van der Waals surface area contributed by atoms with Crippen LogP contribution in [0.2, 0.25) is 0 Å². The van der Waals surface area contributed by atoms with E-state index in [1.807, 2.05) is 0 Å². The maximum absolute atomic E-state index is 11.4. The molecule has 2 N–H and O–H groups in total. The second kappa shape index (κ2) is 15.1. The van der Waals surface area contributed by atoms with Crippen LogP contribution < -0.4 is 15.1 Å². The van der Waals surface area contributed by atoms with Gasteiger partial charge in [-0.1, -0.05) is 60.7 Å². The van der Waals surface area contributed by atoms with Gasteiger partial charge in [-0.15, -0.1) is 0 Å². The molecule has 0 bridgehead atoms. The highest BCUT2D eigenvalue weighted by atomic mass is 32.2. The average Bonchev–Trinajstić information content (AvgIpc) is 3.08. The van der Waals surface area contributed by atoms with Crippen molar-refractivity contribution in [1.29, 1.82) is 0 Å². The normalized spacial score (nSPS) is 12.2. The number of anilines is 3. The number of benzene rings is 5. The molecule has 47 heavy (non-hydrogen) atoms. The summed E-state index contributed by atoms with van der Waals surface area (Å²) in [7, 11) is -4.20. The fourth-order valence-corrected chi connectivity index (χ4v) is 7.14. The first-order valence-corrected chi connectivity index (χ1v) is 18.1. The molecule has 7 heteroatoms. The van der Waals surface area contributed by atoms with Gasteiger partial charge in [0.05, 0.1) is 4.90 Å². The highest BCUT2D eigenvalue weighted by molar-refractivity contribution is 7.85. The topological polar surface area (TPSA) is 72.9 Å². The van der Waals surface area contributed by atoms with Crippen molar-refractivity contribution >= 4 is 38.0 Å². The van der Waals surface area contributed by atoms with Crippen LogP contribution in [0.4, 0.5) is 17.1 Å². The van der Waals surface area contributed by atoms with E-state index in [0.717, 1.165) is 42.8 Å². The number of nitrogens with one attached hydrogen (secondary N) is 1. The molecule has 6 nitrogen and oxygen atoms in total. The first-order chi connectivity index (χ1) is 22.7. The Morgan fingerprint density at radius 2 is 1.26 bits per heavy atom. The molecular formula is C40H47N3O3S. The zero-order valence-electron chi connectivity index (χ0n) is 28.2. The molecule has 0 aliphatic rings. The van der Waals surface area contributed by atoms with Gasteiger partial charge in [-0.05, 0) is 117 Å². The number of nitrogens with zero attached hydrogens (tertiary/aromatic N) is 2. The summed E-state index contributed by atoms with van der Waals surface area (Å²) in [6.07, 6.45) is 0.710. The zero-order valence-corrected chi connectivity index (χ0v) is 29.0. The number of rotatable bonds is 14. The Bertz CT molecular complexity index is 1900. The zero-order chi connectivity index (χ0) is 33.6. The van der Waals surface area contributed by atoms with Crippen LogP contribution in [-0.2, 0) is 16.5 Å². The highest BCUT2D eigenvalue weighted by Gasteiger charge is 2.23. The number of hydrogen-bond donors (Lipinski definition) is 2. The van der Waals surface area contributed by atoms with Gasteiger partial charge in [0, 0.05) is 61.1 Å². The summed E-state index contributed by atoms with van der Waals surface area (Å²) >= 11 is 0. The third kappa shape index (κ3) is 7.64. The lowest BCUT2D eigenvalue weighted by Crippen LogP contribution is -2.22. The van der Waals surface area contributed by atoms with Crippen LogP contribution in [0.25, 0.3) is 10.8 Å². The molecule has 0 saturated heterocycles. The van der Waals surface area contributed by atoms with E-state index in [4.69, 9.17) is 0 Å². The van der Waals surface area contributed by atoms with E-state index in [-0.39, 0.29) is 10.8 Å². The quantitative estimate of drug-likeness (QED) is 0.0925. The summed E-state index contributed by atoms with van der Waals surface area (Å²) in [5, 5.41) is 5.99. The molecule has 0 aromatic heterocycles. The van der Waals surface area contributed by atoms with Crippen LogP contribution in [-0.4, -0.2) is 45.7 Å².